The number of rotatable bonds is 4. The molecule has 2 aromatic rings. The van der Waals surface area contributed by atoms with E-state index >= 15 is 0 Å². The third-order valence-corrected chi connectivity index (χ3v) is 8.30. The minimum atomic E-state index is 0.454. The Kier molecular flexibility index (Phi) is 8.24. The van der Waals surface area contributed by atoms with E-state index in [0.717, 1.165) is 11.1 Å². The monoisotopic (exact) mass is 438 g/mol. The highest BCUT2D eigenvalue weighted by Gasteiger charge is 2.19. The first kappa shape index (κ1) is 22.6. The molecule has 2 N–H and O–H groups in total. The summed E-state index contributed by atoms with van der Waals surface area (Å²) in [6.45, 7) is 0. The molecule has 0 aromatic heterocycles. The van der Waals surface area contributed by atoms with Crippen LogP contribution < -0.4 is 0 Å². The summed E-state index contributed by atoms with van der Waals surface area (Å²) in [5, 5.41) is 21.1. The summed E-state index contributed by atoms with van der Waals surface area (Å²) in [4.78, 5) is 2.37. The van der Waals surface area contributed by atoms with E-state index in [0.29, 0.717) is 23.3 Å². The van der Waals surface area contributed by atoms with Crippen molar-refractivity contribution in [3.05, 3.63) is 47.5 Å². The molecule has 0 spiro atoms. The molecule has 0 aliphatic heterocycles. The lowest BCUT2D eigenvalue weighted by molar-refractivity contribution is 0.423. The maximum Gasteiger partial charge on any atom is 0.119 e. The van der Waals surface area contributed by atoms with Crippen molar-refractivity contribution >= 4 is 11.8 Å². The van der Waals surface area contributed by atoms with Gasteiger partial charge >= 0.3 is 0 Å². The lowest BCUT2D eigenvalue weighted by Crippen LogP contribution is -2.03. The van der Waals surface area contributed by atoms with Gasteiger partial charge in [0.25, 0.3) is 0 Å². The molecule has 2 aliphatic rings. The molecular formula is C28H38O2S. The van der Waals surface area contributed by atoms with Crippen LogP contribution in [0.15, 0.2) is 46.2 Å². The van der Waals surface area contributed by atoms with E-state index < -0.39 is 0 Å². The van der Waals surface area contributed by atoms with Crippen molar-refractivity contribution in [3.8, 4) is 11.5 Å². The number of hydrogen-bond donors (Lipinski definition) is 2. The number of aromatic hydroxyl groups is 2. The van der Waals surface area contributed by atoms with Crippen LogP contribution in [0.5, 0.6) is 11.5 Å². The van der Waals surface area contributed by atoms with Crippen LogP contribution in [0.4, 0.5) is 0 Å². The van der Waals surface area contributed by atoms with Gasteiger partial charge in [-0.2, -0.15) is 0 Å². The molecule has 2 nitrogen and oxygen atoms in total. The summed E-state index contributed by atoms with van der Waals surface area (Å²) < 4.78 is 0. The molecule has 0 saturated heterocycles. The zero-order valence-electron chi connectivity index (χ0n) is 18.8. The predicted octanol–water partition coefficient (Wildman–Crippen LogP) is 8.90. The standard InChI is InChI=1S/C28H38O2S/c29-27-17-15-23(19-25(27)21-11-7-3-1-4-8-12-21)31-24-16-18-28(30)26(20-24)22-13-9-5-2-6-10-14-22/h15-22,29-30H,1-14H2. The normalized spacial score (nSPS) is 19.9. The minimum Gasteiger partial charge on any atom is -0.508 e. The third kappa shape index (κ3) is 6.22. The molecule has 0 bridgehead atoms. The quantitative estimate of drug-likeness (QED) is 0.500. The first-order valence-electron chi connectivity index (χ1n) is 12.5. The Morgan fingerprint density at radius 2 is 0.871 bits per heavy atom. The minimum absolute atomic E-state index is 0.454. The number of hydrogen-bond acceptors (Lipinski definition) is 3. The molecule has 3 heteroatoms. The van der Waals surface area contributed by atoms with Gasteiger partial charge in [-0.25, -0.2) is 0 Å². The molecule has 31 heavy (non-hydrogen) atoms. The Labute approximate surface area is 192 Å². The third-order valence-electron chi connectivity index (χ3n) is 7.32. The summed E-state index contributed by atoms with van der Waals surface area (Å²) in [5.74, 6) is 1.86. The largest absolute Gasteiger partial charge is 0.508 e. The van der Waals surface area contributed by atoms with Crippen molar-refractivity contribution in [2.75, 3.05) is 0 Å². The van der Waals surface area contributed by atoms with Gasteiger partial charge in [0.2, 0.25) is 0 Å². The van der Waals surface area contributed by atoms with E-state index in [1.165, 1.54) is 99.7 Å². The van der Waals surface area contributed by atoms with Crippen molar-refractivity contribution in [2.24, 2.45) is 0 Å². The highest BCUT2D eigenvalue weighted by atomic mass is 32.2. The highest BCUT2D eigenvalue weighted by Crippen LogP contribution is 2.41. The average Bonchev–Trinajstić information content (AvgIpc) is 2.71. The molecule has 0 atom stereocenters. The van der Waals surface area contributed by atoms with Gasteiger partial charge in [-0.15, -0.1) is 0 Å². The van der Waals surface area contributed by atoms with Gasteiger partial charge in [-0.05, 0) is 85.0 Å². The summed E-state index contributed by atoms with van der Waals surface area (Å²) in [6.07, 6.45) is 17.8. The van der Waals surface area contributed by atoms with Crippen molar-refractivity contribution in [1.82, 2.24) is 0 Å². The van der Waals surface area contributed by atoms with Crippen molar-refractivity contribution in [2.45, 2.75) is 112 Å². The summed E-state index contributed by atoms with van der Waals surface area (Å²) >= 11 is 1.76. The molecule has 2 fully saturated rings. The van der Waals surface area contributed by atoms with Gasteiger partial charge in [-0.1, -0.05) is 76.0 Å². The van der Waals surface area contributed by atoms with Gasteiger partial charge in [0, 0.05) is 9.79 Å². The molecule has 2 aromatic carbocycles. The second-order valence-electron chi connectivity index (χ2n) is 9.63. The van der Waals surface area contributed by atoms with Crippen LogP contribution in [-0.2, 0) is 0 Å². The summed E-state index contributed by atoms with van der Waals surface area (Å²) in [5.41, 5.74) is 2.26. The fourth-order valence-corrected chi connectivity index (χ4v) is 6.43. The smallest absolute Gasteiger partial charge is 0.119 e. The molecule has 2 aliphatic carbocycles. The van der Waals surface area contributed by atoms with Crippen LogP contribution in [-0.4, -0.2) is 10.2 Å². The Bertz CT molecular complexity index is 761. The average molecular weight is 439 g/mol. The molecule has 4 rings (SSSR count). The fourth-order valence-electron chi connectivity index (χ4n) is 5.52. The fraction of sp³-hybridized carbons (Fsp3) is 0.571. The Morgan fingerprint density at radius 1 is 0.516 bits per heavy atom. The predicted molar refractivity (Wildman–Crippen MR) is 130 cm³/mol. The maximum absolute atomic E-state index is 10.6. The molecule has 0 heterocycles. The second kappa shape index (κ2) is 11.3. The highest BCUT2D eigenvalue weighted by molar-refractivity contribution is 7.99. The molecule has 0 unspecified atom stereocenters. The molecule has 168 valence electrons. The topological polar surface area (TPSA) is 40.5 Å². The molecule has 0 amide bonds. The van der Waals surface area contributed by atoms with Gasteiger partial charge in [0.15, 0.2) is 0 Å². The molecule has 2 saturated carbocycles. The van der Waals surface area contributed by atoms with E-state index in [-0.39, 0.29) is 0 Å². The van der Waals surface area contributed by atoms with E-state index in [2.05, 4.69) is 12.1 Å². The van der Waals surface area contributed by atoms with Crippen LogP contribution in [0, 0.1) is 0 Å². The zero-order valence-corrected chi connectivity index (χ0v) is 19.6. The zero-order chi connectivity index (χ0) is 21.5. The van der Waals surface area contributed by atoms with Crippen LogP contribution in [0.2, 0.25) is 0 Å². The van der Waals surface area contributed by atoms with E-state index in [9.17, 15) is 10.2 Å². The van der Waals surface area contributed by atoms with E-state index in [4.69, 9.17) is 0 Å². The number of phenols is 2. The second-order valence-corrected chi connectivity index (χ2v) is 10.8. The van der Waals surface area contributed by atoms with E-state index in [1.807, 2.05) is 24.3 Å². The maximum atomic E-state index is 10.6. The van der Waals surface area contributed by atoms with Crippen LogP contribution >= 0.6 is 11.8 Å². The van der Waals surface area contributed by atoms with Crippen LogP contribution in [0.1, 0.15) is 113 Å². The summed E-state index contributed by atoms with van der Waals surface area (Å²) in [6, 6.07) is 12.3. The van der Waals surface area contributed by atoms with Gasteiger partial charge < -0.3 is 10.2 Å². The Morgan fingerprint density at radius 3 is 1.26 bits per heavy atom. The Balaban J connectivity index is 1.52. The number of phenolic OH excluding ortho intramolecular Hbond substituents is 2. The van der Waals surface area contributed by atoms with E-state index in [1.54, 1.807) is 11.8 Å². The lowest BCUT2D eigenvalue weighted by atomic mass is 9.85. The van der Waals surface area contributed by atoms with Crippen LogP contribution in [0.3, 0.4) is 0 Å². The van der Waals surface area contributed by atoms with Crippen molar-refractivity contribution < 1.29 is 10.2 Å². The van der Waals surface area contributed by atoms with Gasteiger partial charge in [0.05, 0.1) is 0 Å². The molecule has 0 radical (unpaired) electrons. The first-order chi connectivity index (χ1) is 15.2. The van der Waals surface area contributed by atoms with Crippen molar-refractivity contribution in [1.29, 1.82) is 0 Å². The Hall–Kier alpha value is -1.61. The molecular weight excluding hydrogens is 400 g/mol. The van der Waals surface area contributed by atoms with Crippen LogP contribution in [0.25, 0.3) is 0 Å². The van der Waals surface area contributed by atoms with Gasteiger partial charge in [0.1, 0.15) is 11.5 Å². The summed E-state index contributed by atoms with van der Waals surface area (Å²) in [7, 11) is 0. The lowest BCUT2D eigenvalue weighted by Gasteiger charge is -2.22. The van der Waals surface area contributed by atoms with Crippen molar-refractivity contribution in [3.63, 3.8) is 0 Å². The number of benzene rings is 2. The van der Waals surface area contributed by atoms with Gasteiger partial charge in [-0.3, -0.25) is 0 Å². The first-order valence-corrected chi connectivity index (χ1v) is 13.4. The SMILES string of the molecule is Oc1ccc(Sc2ccc(O)c(C3CCCCCCC3)c2)cc1C1CCCCCCC1.